The van der Waals surface area contributed by atoms with Crippen LogP contribution in [0.1, 0.15) is 73.8 Å². The molecule has 1 aliphatic rings. The van der Waals surface area contributed by atoms with Crippen LogP contribution in [0.5, 0.6) is 0 Å². The van der Waals surface area contributed by atoms with Gasteiger partial charge in [-0.05, 0) is 94.0 Å². The van der Waals surface area contributed by atoms with Gasteiger partial charge in [0.15, 0.2) is 0 Å². The number of aryl methyl sites for hydroxylation is 3. The topological polar surface area (TPSA) is 64.3 Å². The fourth-order valence-corrected chi connectivity index (χ4v) is 6.53. The molecule has 0 saturated heterocycles. The first kappa shape index (κ1) is 36.2. The first-order valence-electron chi connectivity index (χ1n) is 15.9. The van der Waals surface area contributed by atoms with E-state index in [4.69, 9.17) is 0 Å². The smallest absolute Gasteiger partial charge is 0.305 e. The van der Waals surface area contributed by atoms with Crippen LogP contribution >= 0.6 is 0 Å². The number of rotatable bonds is 14. The largest absolute Gasteiger partial charge is 0.481 e. The number of allylic oxidation sites excluding steroid dienone is 9. The van der Waals surface area contributed by atoms with Gasteiger partial charge in [0.25, 0.3) is 0 Å². The number of hydrogen-bond donors (Lipinski definition) is 1. The molecule has 2 aromatic rings. The lowest BCUT2D eigenvalue weighted by molar-refractivity contribution is -0.136. The van der Waals surface area contributed by atoms with Gasteiger partial charge in [-0.15, -0.1) is 36.8 Å². The summed E-state index contributed by atoms with van der Waals surface area (Å²) in [5.74, 6) is 11.8. The summed E-state index contributed by atoms with van der Waals surface area (Å²) in [6.45, 7) is 22.8. The van der Waals surface area contributed by atoms with Crippen molar-refractivity contribution in [3.8, 4) is 29.8 Å². The van der Waals surface area contributed by atoms with Crippen molar-refractivity contribution in [2.24, 2.45) is 0 Å². The predicted octanol–water partition coefficient (Wildman–Crippen LogP) is 9.51. The molecule has 0 radical (unpaired) electrons. The lowest BCUT2D eigenvalue weighted by atomic mass is 9.68. The van der Waals surface area contributed by atoms with Crippen LogP contribution in [0, 0.1) is 55.8 Å². The molecule has 0 saturated carbocycles. The number of aliphatic carboxylic acids is 1. The molecule has 2 atom stereocenters. The monoisotopic (exact) mass is 622 g/mol. The van der Waals surface area contributed by atoms with Crippen LogP contribution in [0.15, 0.2) is 109 Å². The zero-order chi connectivity index (χ0) is 34.6. The van der Waals surface area contributed by atoms with E-state index in [-0.39, 0.29) is 13.0 Å². The number of anilines is 1. The second kappa shape index (κ2) is 16.4. The summed E-state index contributed by atoms with van der Waals surface area (Å²) in [6.07, 6.45) is 13.6. The summed E-state index contributed by atoms with van der Waals surface area (Å²) in [6, 6.07) is 15.0. The van der Waals surface area contributed by atoms with Gasteiger partial charge in [-0.1, -0.05) is 66.3 Å². The minimum absolute atomic E-state index is 0.0345. The summed E-state index contributed by atoms with van der Waals surface area (Å²) in [5.41, 5.74) is 7.73. The Bertz CT molecular complexity index is 1810. The molecule has 4 nitrogen and oxygen atoms in total. The maximum atomic E-state index is 11.7. The van der Waals surface area contributed by atoms with Gasteiger partial charge in [0.1, 0.15) is 0 Å². The molecular formula is C43H46N2O2. The number of carboxylic acids is 1. The minimum atomic E-state index is -0.873. The normalized spacial score (nSPS) is 17.5. The molecule has 1 heterocycles. The van der Waals surface area contributed by atoms with E-state index in [2.05, 4.69) is 105 Å². The SMILES string of the molecule is C=CCC(CC#CC)(C(=C)/C=C/C(C#N)=C/C=C1/N(CCC(=O)O)c2ccc(C)cc2C1(CC#CC)CC=C)c1cc(C)ccc1C. The van der Waals surface area contributed by atoms with Crippen LogP contribution < -0.4 is 4.90 Å². The fraction of sp³-hybridized carbons (Fsp3) is 0.302. The quantitative estimate of drug-likeness (QED) is 0.0987. The summed E-state index contributed by atoms with van der Waals surface area (Å²) >= 11 is 0. The van der Waals surface area contributed by atoms with Crippen LogP contribution in [0.2, 0.25) is 0 Å². The Balaban J connectivity index is 2.20. The average molecular weight is 623 g/mol. The second-order valence-corrected chi connectivity index (χ2v) is 12.1. The van der Waals surface area contributed by atoms with Gasteiger partial charge < -0.3 is 10.0 Å². The van der Waals surface area contributed by atoms with Gasteiger partial charge in [-0.3, -0.25) is 4.79 Å². The number of hydrogen-bond acceptors (Lipinski definition) is 3. The molecule has 0 aliphatic carbocycles. The summed E-state index contributed by atoms with van der Waals surface area (Å²) in [7, 11) is 0. The van der Waals surface area contributed by atoms with Gasteiger partial charge in [0.05, 0.1) is 23.5 Å². The van der Waals surface area contributed by atoms with Crippen LogP contribution in [0.3, 0.4) is 0 Å². The first-order chi connectivity index (χ1) is 22.5. The van der Waals surface area contributed by atoms with Crippen molar-refractivity contribution >= 4 is 11.7 Å². The maximum Gasteiger partial charge on any atom is 0.305 e. The number of nitriles is 1. The third kappa shape index (κ3) is 7.95. The number of carbonyl (C=O) groups is 1. The van der Waals surface area contributed by atoms with Crippen LogP contribution in [0.4, 0.5) is 5.69 Å². The van der Waals surface area contributed by atoms with E-state index < -0.39 is 16.8 Å². The molecule has 0 bridgehead atoms. The molecule has 2 unspecified atom stereocenters. The summed E-state index contributed by atoms with van der Waals surface area (Å²) < 4.78 is 0. The highest BCUT2D eigenvalue weighted by Crippen LogP contribution is 2.52. The molecule has 1 N–H and O–H groups in total. The number of nitrogens with zero attached hydrogens (tertiary/aromatic N) is 2. The van der Waals surface area contributed by atoms with E-state index in [0.717, 1.165) is 44.8 Å². The van der Waals surface area contributed by atoms with E-state index in [1.807, 2.05) is 50.3 Å². The van der Waals surface area contributed by atoms with E-state index in [0.29, 0.717) is 31.3 Å². The van der Waals surface area contributed by atoms with Crippen molar-refractivity contribution in [1.29, 1.82) is 5.26 Å². The van der Waals surface area contributed by atoms with Crippen molar-refractivity contribution in [3.63, 3.8) is 0 Å². The van der Waals surface area contributed by atoms with Crippen molar-refractivity contribution in [2.75, 3.05) is 11.4 Å². The Morgan fingerprint density at radius 2 is 1.72 bits per heavy atom. The van der Waals surface area contributed by atoms with Gasteiger partial charge >= 0.3 is 5.97 Å². The van der Waals surface area contributed by atoms with Crippen molar-refractivity contribution < 1.29 is 9.90 Å². The standard InChI is InChI=1S/C43H46N2O2/c1-9-13-26-42(24-11-3,37-29-32(5)15-17-34(37)7)35(8)18-19-36(31-44)20-22-40-43(25-12-4,27-14-10-2)38-30-33(6)16-21-39(38)45(40)28-23-41(46)47/h11-12,15-22,29-30H,3-4,8,23-28H2,1-2,5-7H3,(H,46,47)/b19-18+,36-20-,40-22+. The Hall–Kier alpha value is -5.24. The van der Waals surface area contributed by atoms with Crippen LogP contribution in [-0.2, 0) is 15.6 Å². The molecule has 1 aliphatic heterocycles. The molecule has 3 rings (SSSR count). The third-order valence-corrected chi connectivity index (χ3v) is 8.95. The minimum Gasteiger partial charge on any atom is -0.481 e. The van der Waals surface area contributed by atoms with Crippen LogP contribution in [0.25, 0.3) is 0 Å². The predicted molar refractivity (Wildman–Crippen MR) is 196 cm³/mol. The zero-order valence-corrected chi connectivity index (χ0v) is 28.5. The molecule has 2 aromatic carbocycles. The molecule has 0 spiro atoms. The number of benzene rings is 2. The molecule has 0 fully saturated rings. The molecule has 0 aromatic heterocycles. The number of fused-ring (bicyclic) bond motifs is 1. The van der Waals surface area contributed by atoms with Gasteiger partial charge in [0, 0.05) is 36.2 Å². The Labute approximate surface area is 282 Å². The Morgan fingerprint density at radius 1 is 1.02 bits per heavy atom. The highest BCUT2D eigenvalue weighted by molar-refractivity contribution is 5.75. The second-order valence-electron chi connectivity index (χ2n) is 12.1. The Morgan fingerprint density at radius 3 is 2.36 bits per heavy atom. The van der Waals surface area contributed by atoms with Gasteiger partial charge in [0.2, 0.25) is 0 Å². The van der Waals surface area contributed by atoms with E-state index in [1.54, 1.807) is 6.08 Å². The summed E-state index contributed by atoms with van der Waals surface area (Å²) in [4.78, 5) is 13.8. The fourth-order valence-electron chi connectivity index (χ4n) is 6.53. The third-order valence-electron chi connectivity index (χ3n) is 8.95. The van der Waals surface area contributed by atoms with Gasteiger partial charge in [-0.2, -0.15) is 5.26 Å². The summed E-state index contributed by atoms with van der Waals surface area (Å²) in [5, 5.41) is 19.9. The first-order valence-corrected chi connectivity index (χ1v) is 15.9. The lowest BCUT2D eigenvalue weighted by Crippen LogP contribution is -2.32. The lowest BCUT2D eigenvalue weighted by Gasteiger charge is -2.35. The highest BCUT2D eigenvalue weighted by atomic mass is 16.4. The molecule has 0 amide bonds. The van der Waals surface area contributed by atoms with Crippen molar-refractivity contribution in [3.05, 3.63) is 137 Å². The average Bonchev–Trinajstić information content (AvgIpc) is 3.29. The maximum absolute atomic E-state index is 11.7. The van der Waals surface area contributed by atoms with Gasteiger partial charge in [-0.25, -0.2) is 0 Å². The molecule has 47 heavy (non-hydrogen) atoms. The van der Waals surface area contributed by atoms with E-state index in [1.165, 1.54) is 0 Å². The van der Waals surface area contributed by atoms with E-state index in [9.17, 15) is 15.2 Å². The molecular weight excluding hydrogens is 576 g/mol. The molecule has 240 valence electrons. The van der Waals surface area contributed by atoms with E-state index >= 15 is 0 Å². The molecule has 4 heteroatoms. The highest BCUT2D eigenvalue weighted by Gasteiger charge is 2.45. The zero-order valence-electron chi connectivity index (χ0n) is 28.5. The number of carboxylic acid groups (broad SMARTS) is 1. The Kier molecular flexibility index (Phi) is 12.6. The van der Waals surface area contributed by atoms with Crippen molar-refractivity contribution in [1.82, 2.24) is 0 Å². The van der Waals surface area contributed by atoms with Crippen molar-refractivity contribution in [2.45, 2.75) is 77.6 Å². The van der Waals surface area contributed by atoms with Crippen LogP contribution in [-0.4, -0.2) is 17.6 Å².